The number of anilines is 1. The van der Waals surface area contributed by atoms with E-state index in [2.05, 4.69) is 36.4 Å². The molecule has 9 heteroatoms. The molecule has 3 N–H and O–H groups in total. The van der Waals surface area contributed by atoms with Gasteiger partial charge in [-0.05, 0) is 42.2 Å². The molecule has 1 aromatic carbocycles. The third-order valence-corrected chi connectivity index (χ3v) is 5.83. The fraction of sp³-hybridized carbons (Fsp3) is 0.250. The Morgan fingerprint density at radius 1 is 1.09 bits per heavy atom. The molecule has 0 bridgehead atoms. The molecule has 33 heavy (non-hydrogen) atoms. The van der Waals surface area contributed by atoms with Crippen LogP contribution in [0.1, 0.15) is 28.9 Å². The Labute approximate surface area is 189 Å². The van der Waals surface area contributed by atoms with Crippen LogP contribution in [0.5, 0.6) is 0 Å². The lowest BCUT2D eigenvalue weighted by atomic mass is 10.0. The van der Waals surface area contributed by atoms with Crippen molar-refractivity contribution in [1.29, 1.82) is 0 Å². The number of halogens is 1. The van der Waals surface area contributed by atoms with Crippen molar-refractivity contribution in [2.45, 2.75) is 25.5 Å². The van der Waals surface area contributed by atoms with Crippen molar-refractivity contribution in [3.63, 3.8) is 0 Å². The minimum absolute atomic E-state index is 0.198. The number of pyridine rings is 2. The number of nitrogens with one attached hydrogen (secondary N) is 2. The van der Waals surface area contributed by atoms with Crippen LogP contribution in [0.25, 0.3) is 22.0 Å². The lowest BCUT2D eigenvalue weighted by Gasteiger charge is -2.29. The van der Waals surface area contributed by atoms with Crippen molar-refractivity contribution in [1.82, 2.24) is 25.1 Å². The maximum absolute atomic E-state index is 13.4. The zero-order chi connectivity index (χ0) is 22.8. The van der Waals surface area contributed by atoms with Crippen molar-refractivity contribution in [2.75, 3.05) is 18.4 Å². The number of likely N-dealkylation sites (tertiary alicyclic amines) is 1. The van der Waals surface area contributed by atoms with Crippen LogP contribution in [-0.4, -0.2) is 55.3 Å². The van der Waals surface area contributed by atoms with Crippen LogP contribution >= 0.6 is 0 Å². The predicted octanol–water partition coefficient (Wildman–Crippen LogP) is 3.37. The molecule has 0 aliphatic carbocycles. The van der Waals surface area contributed by atoms with E-state index in [1.54, 1.807) is 6.20 Å². The molecule has 168 valence electrons. The minimum Gasteiger partial charge on any atom is -0.393 e. The third-order valence-electron chi connectivity index (χ3n) is 5.83. The molecule has 1 aliphatic rings. The summed E-state index contributed by atoms with van der Waals surface area (Å²) < 4.78 is 13.4. The summed E-state index contributed by atoms with van der Waals surface area (Å²) in [6, 6.07) is 9.02. The zero-order valence-electron chi connectivity index (χ0n) is 17.8. The molecule has 0 spiro atoms. The monoisotopic (exact) mass is 446 g/mol. The second-order valence-corrected chi connectivity index (χ2v) is 8.27. The minimum atomic E-state index is -0.532. The normalized spacial score (nSPS) is 15.1. The fourth-order valence-electron chi connectivity index (χ4n) is 4.10. The number of aliphatic hydroxyl groups is 1. The van der Waals surface area contributed by atoms with Gasteiger partial charge in [-0.25, -0.2) is 4.39 Å². The molecule has 1 saturated heterocycles. The van der Waals surface area contributed by atoms with Crippen LogP contribution in [0.15, 0.2) is 55.1 Å². The van der Waals surface area contributed by atoms with Crippen molar-refractivity contribution < 1.29 is 14.3 Å². The summed E-state index contributed by atoms with van der Waals surface area (Å²) in [4.78, 5) is 23.2. The number of aromatic amines is 1. The molecule has 1 amide bonds. The standard InChI is InChI=1S/C24H23FN6O2/c25-18-9-19(13-27-12-18)28-24(33)23-21-8-16(1-2-22(21)29-30-23)17-7-15(10-26-11-17)14-31-5-3-20(32)4-6-31/h1-2,7-13,20,32H,3-6,14H2,(H,28,33)(H,29,30). The maximum atomic E-state index is 13.4. The van der Waals surface area contributed by atoms with Crippen LogP contribution < -0.4 is 5.32 Å². The highest BCUT2D eigenvalue weighted by Crippen LogP contribution is 2.26. The second-order valence-electron chi connectivity index (χ2n) is 8.27. The Bertz CT molecular complexity index is 1300. The molecule has 8 nitrogen and oxygen atoms in total. The smallest absolute Gasteiger partial charge is 0.276 e. The van der Waals surface area contributed by atoms with Gasteiger partial charge in [0.05, 0.1) is 29.7 Å². The Morgan fingerprint density at radius 2 is 1.91 bits per heavy atom. The van der Waals surface area contributed by atoms with Gasteiger partial charge < -0.3 is 10.4 Å². The Hall–Kier alpha value is -3.69. The summed E-state index contributed by atoms with van der Waals surface area (Å²) in [5, 5.41) is 20.0. The Morgan fingerprint density at radius 3 is 2.73 bits per heavy atom. The van der Waals surface area contributed by atoms with E-state index in [1.807, 2.05) is 24.4 Å². The maximum Gasteiger partial charge on any atom is 0.276 e. The summed E-state index contributed by atoms with van der Waals surface area (Å²) in [5.74, 6) is -0.986. The van der Waals surface area contributed by atoms with Gasteiger partial charge in [-0.1, -0.05) is 6.07 Å². The van der Waals surface area contributed by atoms with Gasteiger partial charge in [0.25, 0.3) is 5.91 Å². The van der Waals surface area contributed by atoms with E-state index in [-0.39, 0.29) is 17.5 Å². The molecular weight excluding hydrogens is 423 g/mol. The summed E-state index contributed by atoms with van der Waals surface area (Å²) >= 11 is 0. The number of H-pyrrole nitrogens is 1. The van der Waals surface area contributed by atoms with Gasteiger partial charge in [-0.3, -0.25) is 24.8 Å². The average molecular weight is 446 g/mol. The molecule has 4 heterocycles. The molecule has 1 fully saturated rings. The van der Waals surface area contributed by atoms with Crippen LogP contribution in [0, 0.1) is 5.82 Å². The van der Waals surface area contributed by atoms with Crippen molar-refractivity contribution >= 4 is 22.5 Å². The van der Waals surface area contributed by atoms with Gasteiger partial charge in [0.1, 0.15) is 5.82 Å². The molecule has 0 atom stereocenters. The van der Waals surface area contributed by atoms with E-state index in [1.165, 1.54) is 12.3 Å². The first-order valence-electron chi connectivity index (χ1n) is 10.8. The van der Waals surface area contributed by atoms with E-state index in [0.717, 1.165) is 60.9 Å². The highest BCUT2D eigenvalue weighted by molar-refractivity contribution is 6.11. The number of hydrogen-bond acceptors (Lipinski definition) is 6. The predicted molar refractivity (Wildman–Crippen MR) is 122 cm³/mol. The number of nitrogens with zero attached hydrogens (tertiary/aromatic N) is 4. The van der Waals surface area contributed by atoms with E-state index in [9.17, 15) is 14.3 Å². The summed E-state index contributed by atoms with van der Waals surface area (Å²) in [6.45, 7) is 2.51. The van der Waals surface area contributed by atoms with E-state index in [4.69, 9.17) is 0 Å². The van der Waals surface area contributed by atoms with Crippen LogP contribution in [0.2, 0.25) is 0 Å². The Balaban J connectivity index is 1.39. The zero-order valence-corrected chi connectivity index (χ0v) is 17.8. The number of hydrogen-bond donors (Lipinski definition) is 3. The first-order chi connectivity index (χ1) is 16.0. The number of rotatable bonds is 5. The average Bonchev–Trinajstić information content (AvgIpc) is 3.24. The summed E-state index contributed by atoms with van der Waals surface area (Å²) in [7, 11) is 0. The Kier molecular flexibility index (Phi) is 5.80. The van der Waals surface area contributed by atoms with Crippen molar-refractivity contribution in [3.8, 4) is 11.1 Å². The number of aromatic nitrogens is 4. The highest BCUT2D eigenvalue weighted by atomic mass is 19.1. The quantitative estimate of drug-likeness (QED) is 0.434. The number of fused-ring (bicyclic) bond motifs is 1. The van der Waals surface area contributed by atoms with E-state index >= 15 is 0 Å². The number of carbonyl (C=O) groups is 1. The summed E-state index contributed by atoms with van der Waals surface area (Å²) in [6.07, 6.45) is 7.49. The topological polar surface area (TPSA) is 107 Å². The number of benzene rings is 1. The van der Waals surface area contributed by atoms with Gasteiger partial charge >= 0.3 is 0 Å². The molecule has 4 aromatic rings. The molecule has 3 aromatic heterocycles. The fourth-order valence-corrected chi connectivity index (χ4v) is 4.10. The largest absolute Gasteiger partial charge is 0.393 e. The molecule has 1 aliphatic heterocycles. The van der Waals surface area contributed by atoms with Crippen molar-refractivity contribution in [2.24, 2.45) is 0 Å². The van der Waals surface area contributed by atoms with Crippen LogP contribution in [0.4, 0.5) is 10.1 Å². The lowest BCUT2D eigenvalue weighted by Crippen LogP contribution is -2.35. The van der Waals surface area contributed by atoms with Crippen LogP contribution in [-0.2, 0) is 6.54 Å². The molecule has 5 rings (SSSR count). The van der Waals surface area contributed by atoms with Gasteiger partial charge in [0.15, 0.2) is 5.69 Å². The molecule has 0 radical (unpaired) electrons. The van der Waals surface area contributed by atoms with Crippen LogP contribution in [0.3, 0.4) is 0 Å². The molecule has 0 unspecified atom stereocenters. The van der Waals surface area contributed by atoms with Gasteiger partial charge in [-0.15, -0.1) is 0 Å². The lowest BCUT2D eigenvalue weighted by molar-refractivity contribution is 0.0792. The SMILES string of the molecule is O=C(Nc1cncc(F)c1)c1n[nH]c2ccc(-c3cncc(CN4CCC(O)CC4)c3)cc12. The first-order valence-corrected chi connectivity index (χ1v) is 10.8. The third kappa shape index (κ3) is 4.74. The van der Waals surface area contributed by atoms with Gasteiger partial charge in [-0.2, -0.15) is 5.10 Å². The van der Waals surface area contributed by atoms with E-state index in [0.29, 0.717) is 5.39 Å². The summed E-state index contributed by atoms with van der Waals surface area (Å²) in [5.41, 5.74) is 4.13. The van der Waals surface area contributed by atoms with Gasteiger partial charge in [0, 0.05) is 49.0 Å². The number of piperidine rings is 1. The van der Waals surface area contributed by atoms with Gasteiger partial charge in [0.2, 0.25) is 0 Å². The number of aliphatic hydroxyl groups excluding tert-OH is 1. The molecular formula is C24H23FN6O2. The number of carbonyl (C=O) groups excluding carboxylic acids is 1. The second kappa shape index (κ2) is 9.05. The van der Waals surface area contributed by atoms with Crippen molar-refractivity contribution in [3.05, 3.63) is 72.2 Å². The molecule has 0 saturated carbocycles. The van der Waals surface area contributed by atoms with E-state index < -0.39 is 11.7 Å². The highest BCUT2D eigenvalue weighted by Gasteiger charge is 2.18. The number of amides is 1. The first kappa shape index (κ1) is 21.2.